The van der Waals surface area contributed by atoms with Crippen LogP contribution in [0.5, 0.6) is 0 Å². The Labute approximate surface area is 110 Å². The Morgan fingerprint density at radius 2 is 2.05 bits per heavy atom. The third kappa shape index (κ3) is 3.31. The number of carboxylic acid groups (broad SMARTS) is 1. The minimum absolute atomic E-state index is 0.259. The highest BCUT2D eigenvalue weighted by Gasteiger charge is 2.04. The summed E-state index contributed by atoms with van der Waals surface area (Å²) < 4.78 is 13.0. The zero-order chi connectivity index (χ0) is 13.8. The summed E-state index contributed by atoms with van der Waals surface area (Å²) in [7, 11) is 0. The monoisotopic (exact) mass is 259 g/mol. The van der Waals surface area contributed by atoms with Gasteiger partial charge in [-0.2, -0.15) is 0 Å². The quantitative estimate of drug-likeness (QED) is 0.884. The number of carbonyl (C=O) groups is 1. The molecule has 3 nitrogen and oxygen atoms in total. The number of hydrogen-bond donors (Lipinski definition) is 2. The molecule has 0 aliphatic rings. The number of anilines is 1. The predicted octanol–water partition coefficient (Wildman–Crippen LogP) is 3.44. The van der Waals surface area contributed by atoms with Crippen molar-refractivity contribution in [3.05, 3.63) is 65.0 Å². The number of benzene rings is 2. The first kappa shape index (κ1) is 13.1. The van der Waals surface area contributed by atoms with Crippen LogP contribution < -0.4 is 5.32 Å². The van der Waals surface area contributed by atoms with Gasteiger partial charge in [-0.15, -0.1) is 0 Å². The first-order chi connectivity index (χ1) is 9.06. The first-order valence-electron chi connectivity index (χ1n) is 5.88. The molecule has 0 atom stereocenters. The lowest BCUT2D eigenvalue weighted by Crippen LogP contribution is -2.03. The maximum absolute atomic E-state index is 13.0. The largest absolute Gasteiger partial charge is 0.478 e. The Hall–Kier alpha value is -2.36. The molecule has 0 saturated heterocycles. The molecule has 0 spiro atoms. The van der Waals surface area contributed by atoms with Gasteiger partial charge in [0.1, 0.15) is 5.82 Å². The molecular weight excluding hydrogens is 245 g/mol. The lowest BCUT2D eigenvalue weighted by atomic mass is 10.1. The van der Waals surface area contributed by atoms with Crippen LogP contribution in [0.4, 0.5) is 10.1 Å². The molecule has 0 amide bonds. The molecule has 2 aromatic carbocycles. The molecule has 2 aromatic rings. The van der Waals surface area contributed by atoms with Crippen LogP contribution in [0.25, 0.3) is 0 Å². The lowest BCUT2D eigenvalue weighted by molar-refractivity contribution is 0.0697. The summed E-state index contributed by atoms with van der Waals surface area (Å²) in [4.78, 5) is 10.9. The number of halogens is 1. The van der Waals surface area contributed by atoms with Crippen LogP contribution in [-0.2, 0) is 6.54 Å². The standard InChI is InChI=1S/C15H14FNO2/c1-10-7-13(16)5-6-14(10)17-9-11-3-2-4-12(8-11)15(18)19/h2-8,17H,9H2,1H3,(H,18,19). The van der Waals surface area contributed by atoms with E-state index in [1.54, 1.807) is 24.3 Å². The maximum Gasteiger partial charge on any atom is 0.335 e. The van der Waals surface area contributed by atoms with Crippen molar-refractivity contribution in [2.45, 2.75) is 13.5 Å². The van der Waals surface area contributed by atoms with Gasteiger partial charge in [0, 0.05) is 12.2 Å². The van der Waals surface area contributed by atoms with Gasteiger partial charge in [0.15, 0.2) is 0 Å². The molecule has 0 aliphatic heterocycles. The van der Waals surface area contributed by atoms with Crippen molar-refractivity contribution in [1.82, 2.24) is 0 Å². The van der Waals surface area contributed by atoms with Gasteiger partial charge in [0.25, 0.3) is 0 Å². The summed E-state index contributed by atoms with van der Waals surface area (Å²) >= 11 is 0. The third-order valence-electron chi connectivity index (χ3n) is 2.85. The number of hydrogen-bond acceptors (Lipinski definition) is 2. The van der Waals surface area contributed by atoms with E-state index in [0.717, 1.165) is 16.8 Å². The Balaban J connectivity index is 2.10. The topological polar surface area (TPSA) is 49.3 Å². The van der Waals surface area contributed by atoms with Crippen LogP contribution in [0.1, 0.15) is 21.5 Å². The summed E-state index contributed by atoms with van der Waals surface area (Å²) in [6.45, 7) is 2.31. The molecule has 98 valence electrons. The van der Waals surface area contributed by atoms with Crippen molar-refractivity contribution in [3.8, 4) is 0 Å². The van der Waals surface area contributed by atoms with E-state index < -0.39 is 5.97 Å². The van der Waals surface area contributed by atoms with Crippen LogP contribution in [0.3, 0.4) is 0 Å². The van der Waals surface area contributed by atoms with Gasteiger partial charge in [-0.05, 0) is 48.4 Å². The number of nitrogens with one attached hydrogen (secondary N) is 1. The molecule has 0 radical (unpaired) electrons. The van der Waals surface area contributed by atoms with Gasteiger partial charge in [-0.1, -0.05) is 12.1 Å². The highest BCUT2D eigenvalue weighted by molar-refractivity contribution is 5.87. The molecule has 0 aliphatic carbocycles. The Kier molecular flexibility index (Phi) is 3.80. The van der Waals surface area contributed by atoms with E-state index in [0.29, 0.717) is 6.54 Å². The van der Waals surface area contributed by atoms with Crippen molar-refractivity contribution in [1.29, 1.82) is 0 Å². The zero-order valence-electron chi connectivity index (χ0n) is 10.5. The minimum atomic E-state index is -0.945. The second-order valence-electron chi connectivity index (χ2n) is 4.32. The second-order valence-corrected chi connectivity index (χ2v) is 4.32. The van der Waals surface area contributed by atoms with Gasteiger partial charge in [0.2, 0.25) is 0 Å². The molecule has 0 bridgehead atoms. The number of aryl methyl sites for hydroxylation is 1. The smallest absolute Gasteiger partial charge is 0.335 e. The molecule has 0 aromatic heterocycles. The van der Waals surface area contributed by atoms with Crippen LogP contribution in [0.2, 0.25) is 0 Å². The molecular formula is C15H14FNO2. The number of carboxylic acids is 1. The fourth-order valence-electron chi connectivity index (χ4n) is 1.84. The zero-order valence-corrected chi connectivity index (χ0v) is 10.5. The lowest BCUT2D eigenvalue weighted by Gasteiger charge is -2.10. The highest BCUT2D eigenvalue weighted by atomic mass is 19.1. The van der Waals surface area contributed by atoms with Gasteiger partial charge >= 0.3 is 5.97 Å². The van der Waals surface area contributed by atoms with E-state index in [9.17, 15) is 9.18 Å². The summed E-state index contributed by atoms with van der Waals surface area (Å²) in [5, 5.41) is 12.1. The average Bonchev–Trinajstić information content (AvgIpc) is 2.38. The van der Waals surface area contributed by atoms with Crippen molar-refractivity contribution < 1.29 is 14.3 Å². The van der Waals surface area contributed by atoms with E-state index in [1.165, 1.54) is 12.1 Å². The van der Waals surface area contributed by atoms with Crippen molar-refractivity contribution in [2.24, 2.45) is 0 Å². The van der Waals surface area contributed by atoms with E-state index in [-0.39, 0.29) is 11.4 Å². The van der Waals surface area contributed by atoms with Crippen LogP contribution in [-0.4, -0.2) is 11.1 Å². The summed E-state index contributed by atoms with van der Waals surface area (Å²) in [5.74, 6) is -1.21. The van der Waals surface area contributed by atoms with E-state index in [2.05, 4.69) is 5.32 Å². The minimum Gasteiger partial charge on any atom is -0.478 e. The summed E-state index contributed by atoms with van der Waals surface area (Å²) in [6.07, 6.45) is 0. The van der Waals surface area contributed by atoms with Crippen LogP contribution in [0.15, 0.2) is 42.5 Å². The molecule has 2 N–H and O–H groups in total. The number of rotatable bonds is 4. The fraction of sp³-hybridized carbons (Fsp3) is 0.133. The average molecular weight is 259 g/mol. The van der Waals surface area contributed by atoms with Crippen LogP contribution in [0, 0.1) is 12.7 Å². The van der Waals surface area contributed by atoms with Gasteiger partial charge in [0.05, 0.1) is 5.56 Å². The Bertz CT molecular complexity index is 611. The summed E-state index contributed by atoms with van der Waals surface area (Å²) in [5.41, 5.74) is 2.77. The molecule has 0 heterocycles. The molecule has 0 unspecified atom stereocenters. The van der Waals surface area contributed by atoms with Gasteiger partial charge < -0.3 is 10.4 Å². The second kappa shape index (κ2) is 5.52. The van der Waals surface area contributed by atoms with E-state index in [4.69, 9.17) is 5.11 Å². The first-order valence-corrected chi connectivity index (χ1v) is 5.88. The van der Waals surface area contributed by atoms with E-state index >= 15 is 0 Å². The Morgan fingerprint density at radius 3 is 2.74 bits per heavy atom. The van der Waals surface area contributed by atoms with Gasteiger partial charge in [-0.25, -0.2) is 9.18 Å². The van der Waals surface area contributed by atoms with Crippen molar-refractivity contribution >= 4 is 11.7 Å². The predicted molar refractivity (Wildman–Crippen MR) is 71.9 cm³/mol. The highest BCUT2D eigenvalue weighted by Crippen LogP contribution is 2.17. The molecule has 0 saturated carbocycles. The molecule has 19 heavy (non-hydrogen) atoms. The Morgan fingerprint density at radius 1 is 1.26 bits per heavy atom. The molecule has 2 rings (SSSR count). The number of aromatic carboxylic acids is 1. The normalized spacial score (nSPS) is 10.2. The van der Waals surface area contributed by atoms with Crippen molar-refractivity contribution in [2.75, 3.05) is 5.32 Å². The SMILES string of the molecule is Cc1cc(F)ccc1NCc1cccc(C(=O)O)c1. The molecule has 4 heteroatoms. The molecule has 0 fully saturated rings. The van der Waals surface area contributed by atoms with Crippen LogP contribution >= 0.6 is 0 Å². The van der Waals surface area contributed by atoms with Gasteiger partial charge in [-0.3, -0.25) is 0 Å². The fourth-order valence-corrected chi connectivity index (χ4v) is 1.84. The van der Waals surface area contributed by atoms with E-state index in [1.807, 2.05) is 13.0 Å². The third-order valence-corrected chi connectivity index (χ3v) is 2.85. The van der Waals surface area contributed by atoms with Crippen molar-refractivity contribution in [3.63, 3.8) is 0 Å². The maximum atomic E-state index is 13.0. The summed E-state index contributed by atoms with van der Waals surface area (Å²) in [6, 6.07) is 11.2.